The largest absolute Gasteiger partial charge is 0.496 e. The Morgan fingerprint density at radius 3 is 2.44 bits per heavy atom. The lowest BCUT2D eigenvalue weighted by Crippen LogP contribution is -2.22. The Morgan fingerprint density at radius 1 is 1.19 bits per heavy atom. The van der Waals surface area contributed by atoms with E-state index in [9.17, 15) is 0 Å². The minimum Gasteiger partial charge on any atom is -0.496 e. The molecule has 0 radical (unpaired) electrons. The third-order valence-corrected chi connectivity index (χ3v) is 2.62. The van der Waals surface area contributed by atoms with Crippen molar-refractivity contribution in [2.24, 2.45) is 0 Å². The van der Waals surface area contributed by atoms with Crippen LogP contribution in [0, 0.1) is 10.8 Å². The molecule has 0 spiro atoms. The van der Waals surface area contributed by atoms with Gasteiger partial charge in [0.15, 0.2) is 5.84 Å². The van der Waals surface area contributed by atoms with Crippen molar-refractivity contribution in [3.05, 3.63) is 35.9 Å². The third-order valence-electron chi connectivity index (χ3n) is 2.62. The minimum absolute atomic E-state index is 0.209. The normalized spacial score (nSPS) is 15.4. The van der Waals surface area contributed by atoms with Gasteiger partial charge in [-0.3, -0.25) is 10.8 Å². The summed E-state index contributed by atoms with van der Waals surface area (Å²) in [7, 11) is 3.40. The monoisotopic (exact) mass is 215 g/mol. The van der Waals surface area contributed by atoms with Gasteiger partial charge >= 0.3 is 0 Å². The summed E-state index contributed by atoms with van der Waals surface area (Å²) in [6.07, 6.45) is 1.68. The molecule has 0 fully saturated rings. The van der Waals surface area contributed by atoms with Gasteiger partial charge < -0.3 is 9.64 Å². The van der Waals surface area contributed by atoms with Crippen LogP contribution in [0.5, 0.6) is 5.75 Å². The number of para-hydroxylation sites is 1. The van der Waals surface area contributed by atoms with Gasteiger partial charge in [0, 0.05) is 12.6 Å². The van der Waals surface area contributed by atoms with Crippen LogP contribution in [0.1, 0.15) is 5.56 Å². The molecule has 1 aliphatic heterocycles. The molecule has 4 heteroatoms. The first kappa shape index (κ1) is 10.4. The van der Waals surface area contributed by atoms with Crippen molar-refractivity contribution in [3.63, 3.8) is 0 Å². The lowest BCUT2D eigenvalue weighted by molar-refractivity contribution is 0.412. The predicted molar refractivity (Wildman–Crippen MR) is 64.2 cm³/mol. The molecule has 2 N–H and O–H groups in total. The first-order chi connectivity index (χ1) is 7.65. The predicted octanol–water partition coefficient (Wildman–Crippen LogP) is 1.98. The molecule has 1 aromatic carbocycles. The van der Waals surface area contributed by atoms with Crippen molar-refractivity contribution in [2.45, 2.75) is 0 Å². The zero-order valence-electron chi connectivity index (χ0n) is 9.24. The van der Waals surface area contributed by atoms with Gasteiger partial charge in [-0.1, -0.05) is 12.1 Å². The fraction of sp³-hybridized carbons (Fsp3) is 0.167. The van der Waals surface area contributed by atoms with E-state index in [-0.39, 0.29) is 11.5 Å². The van der Waals surface area contributed by atoms with Crippen LogP contribution in [0.2, 0.25) is 0 Å². The molecular formula is C12H13N3O. The highest BCUT2D eigenvalue weighted by molar-refractivity contribution is 6.48. The van der Waals surface area contributed by atoms with Crippen LogP contribution >= 0.6 is 0 Å². The van der Waals surface area contributed by atoms with Crippen LogP contribution in [0.4, 0.5) is 0 Å². The van der Waals surface area contributed by atoms with Crippen molar-refractivity contribution in [2.75, 3.05) is 14.2 Å². The first-order valence-corrected chi connectivity index (χ1v) is 4.91. The number of amidine groups is 1. The topological polar surface area (TPSA) is 60.2 Å². The van der Waals surface area contributed by atoms with Gasteiger partial charge in [-0.15, -0.1) is 0 Å². The number of hydrogen-bond donors (Lipinski definition) is 2. The Labute approximate surface area is 94.2 Å². The third kappa shape index (κ3) is 1.48. The Hall–Kier alpha value is -2.10. The molecule has 0 aliphatic carbocycles. The lowest BCUT2D eigenvalue weighted by Gasteiger charge is -2.17. The maximum Gasteiger partial charge on any atom is 0.150 e. The van der Waals surface area contributed by atoms with Crippen LogP contribution in [0.25, 0.3) is 5.70 Å². The first-order valence-electron chi connectivity index (χ1n) is 4.91. The minimum atomic E-state index is 0.209. The highest BCUT2D eigenvalue weighted by Gasteiger charge is 2.24. The van der Waals surface area contributed by atoms with Crippen LogP contribution < -0.4 is 4.74 Å². The van der Waals surface area contributed by atoms with E-state index in [1.807, 2.05) is 24.3 Å². The average Bonchev–Trinajstić information content (AvgIpc) is 2.57. The molecule has 1 heterocycles. The van der Waals surface area contributed by atoms with Crippen molar-refractivity contribution >= 4 is 17.2 Å². The summed E-state index contributed by atoms with van der Waals surface area (Å²) in [5.41, 5.74) is 1.95. The van der Waals surface area contributed by atoms with Gasteiger partial charge in [0.25, 0.3) is 0 Å². The lowest BCUT2D eigenvalue weighted by atomic mass is 10.1. The summed E-state index contributed by atoms with van der Waals surface area (Å²) in [5.74, 6) is 0.962. The summed E-state index contributed by atoms with van der Waals surface area (Å²) in [4.78, 5) is 1.68. The van der Waals surface area contributed by atoms with Crippen molar-refractivity contribution < 1.29 is 4.74 Å². The number of ether oxygens (including phenoxy) is 1. The molecule has 0 saturated heterocycles. The van der Waals surface area contributed by atoms with Crippen LogP contribution in [0.3, 0.4) is 0 Å². The van der Waals surface area contributed by atoms with Gasteiger partial charge in [0.05, 0.1) is 18.5 Å². The number of benzene rings is 1. The molecule has 1 aliphatic rings. The molecule has 0 atom stereocenters. The highest BCUT2D eigenvalue weighted by Crippen LogP contribution is 2.30. The van der Waals surface area contributed by atoms with E-state index in [0.29, 0.717) is 0 Å². The zero-order chi connectivity index (χ0) is 11.7. The van der Waals surface area contributed by atoms with Crippen LogP contribution in [0.15, 0.2) is 30.3 Å². The number of nitrogens with zero attached hydrogens (tertiary/aromatic N) is 1. The van der Waals surface area contributed by atoms with E-state index >= 15 is 0 Å². The Kier molecular flexibility index (Phi) is 2.48. The molecule has 4 nitrogen and oxygen atoms in total. The molecule has 16 heavy (non-hydrogen) atoms. The SMILES string of the molecule is COc1ccccc1C1=CC(=N)C(=N)N1C. The summed E-state index contributed by atoms with van der Waals surface area (Å²) in [5, 5.41) is 15.3. The van der Waals surface area contributed by atoms with E-state index in [1.54, 1.807) is 25.1 Å². The Balaban J connectivity index is 2.50. The molecular weight excluding hydrogens is 202 g/mol. The highest BCUT2D eigenvalue weighted by atomic mass is 16.5. The van der Waals surface area contributed by atoms with Gasteiger partial charge in [0.1, 0.15) is 5.75 Å². The van der Waals surface area contributed by atoms with E-state index in [4.69, 9.17) is 15.6 Å². The van der Waals surface area contributed by atoms with Crippen molar-refractivity contribution in [3.8, 4) is 5.75 Å². The van der Waals surface area contributed by atoms with E-state index in [2.05, 4.69) is 0 Å². The zero-order valence-corrected chi connectivity index (χ0v) is 9.24. The number of hydrogen-bond acceptors (Lipinski definition) is 3. The Morgan fingerprint density at radius 2 is 1.88 bits per heavy atom. The smallest absolute Gasteiger partial charge is 0.150 e. The van der Waals surface area contributed by atoms with E-state index in [1.165, 1.54) is 0 Å². The number of rotatable bonds is 2. The maximum atomic E-state index is 7.68. The van der Waals surface area contributed by atoms with Gasteiger partial charge in [-0.05, 0) is 18.2 Å². The summed E-state index contributed by atoms with van der Waals surface area (Å²) in [6.45, 7) is 0. The van der Waals surface area contributed by atoms with E-state index in [0.717, 1.165) is 17.0 Å². The van der Waals surface area contributed by atoms with Gasteiger partial charge in [-0.25, -0.2) is 0 Å². The second kappa shape index (κ2) is 3.81. The molecule has 0 amide bonds. The second-order valence-corrected chi connectivity index (χ2v) is 3.55. The quantitative estimate of drug-likeness (QED) is 0.792. The summed E-state index contributed by atoms with van der Waals surface area (Å²) >= 11 is 0. The molecule has 0 saturated carbocycles. The van der Waals surface area contributed by atoms with Crippen LogP contribution in [-0.2, 0) is 0 Å². The second-order valence-electron chi connectivity index (χ2n) is 3.55. The molecule has 0 bridgehead atoms. The van der Waals surface area contributed by atoms with Crippen molar-refractivity contribution in [1.82, 2.24) is 4.90 Å². The Bertz CT molecular complexity index is 491. The molecule has 2 rings (SSSR count). The fourth-order valence-corrected chi connectivity index (χ4v) is 1.72. The van der Waals surface area contributed by atoms with Gasteiger partial charge in [-0.2, -0.15) is 0 Å². The molecule has 0 unspecified atom stereocenters. The standard InChI is InChI=1S/C12H13N3O/c1-15-10(7-9(13)12(15)14)8-5-3-4-6-11(8)16-2/h3-7,13-14H,1-2H3. The number of nitrogens with one attached hydrogen (secondary N) is 2. The molecule has 0 aromatic heterocycles. The van der Waals surface area contributed by atoms with E-state index < -0.39 is 0 Å². The number of methoxy groups -OCH3 is 1. The fourth-order valence-electron chi connectivity index (χ4n) is 1.72. The van der Waals surface area contributed by atoms with Crippen molar-refractivity contribution in [1.29, 1.82) is 10.8 Å². The molecule has 1 aromatic rings. The summed E-state index contributed by atoms with van der Waals surface area (Å²) < 4.78 is 5.27. The van der Waals surface area contributed by atoms with Crippen LogP contribution in [-0.4, -0.2) is 30.6 Å². The van der Waals surface area contributed by atoms with Gasteiger partial charge in [0.2, 0.25) is 0 Å². The maximum absolute atomic E-state index is 7.68. The molecule has 82 valence electrons. The summed E-state index contributed by atoms with van der Waals surface area (Å²) in [6, 6.07) is 7.61. The average molecular weight is 215 g/mol.